The number of halogens is 1. The van der Waals surface area contributed by atoms with Gasteiger partial charge in [-0.15, -0.1) is 0 Å². The fourth-order valence-electron chi connectivity index (χ4n) is 4.05. The first-order valence-corrected chi connectivity index (χ1v) is 9.93. The number of hydrogen-bond donors (Lipinski definition) is 1. The highest BCUT2D eigenvalue weighted by atomic mass is 79.9. The molecule has 0 spiro atoms. The van der Waals surface area contributed by atoms with Crippen molar-refractivity contribution in [1.29, 1.82) is 0 Å². The van der Waals surface area contributed by atoms with E-state index in [1.165, 1.54) is 12.1 Å². The number of Topliss-reactive ketones (excluding diaryl/α,β-unsaturated/α-hetero) is 1. The topological polar surface area (TPSA) is 74.7 Å². The van der Waals surface area contributed by atoms with E-state index in [0.717, 1.165) is 10.0 Å². The molecule has 0 bridgehead atoms. The summed E-state index contributed by atoms with van der Waals surface area (Å²) in [6, 6.07) is 14.0. The van der Waals surface area contributed by atoms with Crippen molar-refractivity contribution >= 4 is 39.3 Å². The molecule has 2 aliphatic rings. The van der Waals surface area contributed by atoms with E-state index < -0.39 is 5.97 Å². The van der Waals surface area contributed by atoms with Crippen LogP contribution < -0.4 is 4.90 Å². The quantitative estimate of drug-likeness (QED) is 0.753. The summed E-state index contributed by atoms with van der Waals surface area (Å²) in [6.07, 6.45) is 1.97. The number of aromatic carboxylic acids is 1. The van der Waals surface area contributed by atoms with E-state index in [4.69, 9.17) is 0 Å². The molecule has 142 valence electrons. The zero-order chi connectivity index (χ0) is 19.8. The van der Waals surface area contributed by atoms with Crippen LogP contribution in [0.1, 0.15) is 47.5 Å². The highest BCUT2D eigenvalue weighted by Gasteiger charge is 2.39. The summed E-state index contributed by atoms with van der Waals surface area (Å²) in [6.45, 7) is 0. The summed E-state index contributed by atoms with van der Waals surface area (Å²) >= 11 is 3.42. The van der Waals surface area contributed by atoms with Crippen LogP contribution in [-0.2, 0) is 9.59 Å². The second kappa shape index (κ2) is 7.36. The van der Waals surface area contributed by atoms with Crippen molar-refractivity contribution in [3.05, 3.63) is 75.4 Å². The van der Waals surface area contributed by atoms with Gasteiger partial charge in [-0.1, -0.05) is 34.1 Å². The summed E-state index contributed by atoms with van der Waals surface area (Å²) in [7, 11) is 0. The number of carboxylic acid groups (broad SMARTS) is 1. The lowest BCUT2D eigenvalue weighted by Crippen LogP contribution is -2.40. The maximum Gasteiger partial charge on any atom is 0.335 e. The number of nitrogens with zero attached hydrogens (tertiary/aromatic N) is 1. The van der Waals surface area contributed by atoms with Crippen LogP contribution >= 0.6 is 15.9 Å². The Morgan fingerprint density at radius 3 is 2.54 bits per heavy atom. The number of hydrogen-bond acceptors (Lipinski definition) is 3. The average Bonchev–Trinajstić information content (AvgIpc) is 2.68. The Morgan fingerprint density at radius 1 is 1.07 bits per heavy atom. The molecule has 0 radical (unpaired) electrons. The van der Waals surface area contributed by atoms with E-state index in [1.807, 2.05) is 24.3 Å². The van der Waals surface area contributed by atoms with Gasteiger partial charge in [-0.3, -0.25) is 14.5 Å². The molecule has 4 rings (SSSR count). The van der Waals surface area contributed by atoms with Crippen LogP contribution in [0.15, 0.2) is 64.3 Å². The van der Waals surface area contributed by atoms with Crippen molar-refractivity contribution < 1.29 is 19.5 Å². The minimum Gasteiger partial charge on any atom is -0.478 e. The Balaban J connectivity index is 1.84. The second-order valence-electron chi connectivity index (χ2n) is 7.03. The highest BCUT2D eigenvalue weighted by molar-refractivity contribution is 9.10. The standard InChI is InChI=1S/C22H18BrNO4/c23-15-9-7-13(8-10-15)17-12-20(26)24(18-5-2-6-19(25)21(17)18)16-4-1-3-14(11-16)22(27)28/h1,3-4,7-11,17H,2,5-6,12H2,(H,27,28). The molecule has 28 heavy (non-hydrogen) atoms. The van der Waals surface area contributed by atoms with Gasteiger partial charge in [-0.05, 0) is 48.7 Å². The zero-order valence-corrected chi connectivity index (χ0v) is 16.6. The molecule has 1 amide bonds. The molecule has 1 unspecified atom stereocenters. The maximum absolute atomic E-state index is 13.1. The highest BCUT2D eigenvalue weighted by Crippen LogP contribution is 2.43. The number of carboxylic acids is 1. The first-order chi connectivity index (χ1) is 13.5. The van der Waals surface area contributed by atoms with Gasteiger partial charge in [0, 0.05) is 40.2 Å². The number of ketones is 1. The van der Waals surface area contributed by atoms with E-state index in [-0.39, 0.29) is 29.6 Å². The Kier molecular flexibility index (Phi) is 4.89. The second-order valence-corrected chi connectivity index (χ2v) is 7.95. The van der Waals surface area contributed by atoms with E-state index >= 15 is 0 Å². The molecule has 2 aromatic rings. The molecular weight excluding hydrogens is 422 g/mol. The number of carbonyl (C=O) groups is 3. The van der Waals surface area contributed by atoms with Crippen molar-refractivity contribution in [2.75, 3.05) is 4.90 Å². The summed E-state index contributed by atoms with van der Waals surface area (Å²) in [5.74, 6) is -1.36. The van der Waals surface area contributed by atoms with Crippen LogP contribution in [0.25, 0.3) is 0 Å². The van der Waals surface area contributed by atoms with Gasteiger partial charge in [0.05, 0.1) is 5.56 Å². The third kappa shape index (κ3) is 3.29. The number of rotatable bonds is 3. The Labute approximate surface area is 170 Å². The SMILES string of the molecule is O=C1CCCC2=C1C(c1ccc(Br)cc1)CC(=O)N2c1cccc(C(=O)O)c1. The first-order valence-electron chi connectivity index (χ1n) is 9.13. The number of anilines is 1. The minimum absolute atomic E-state index is 0.0704. The molecule has 1 atom stereocenters. The van der Waals surface area contributed by atoms with Crippen molar-refractivity contribution in [1.82, 2.24) is 0 Å². The van der Waals surface area contributed by atoms with E-state index in [2.05, 4.69) is 15.9 Å². The normalized spacial score (nSPS) is 19.6. The Morgan fingerprint density at radius 2 is 1.82 bits per heavy atom. The fraction of sp³-hybridized carbons (Fsp3) is 0.227. The number of benzene rings is 2. The summed E-state index contributed by atoms with van der Waals surface area (Å²) in [4.78, 5) is 38.8. The number of amides is 1. The predicted octanol–water partition coefficient (Wildman–Crippen LogP) is 4.67. The molecule has 1 aliphatic heterocycles. The smallest absolute Gasteiger partial charge is 0.335 e. The predicted molar refractivity (Wildman–Crippen MR) is 108 cm³/mol. The van der Waals surface area contributed by atoms with Gasteiger partial charge >= 0.3 is 5.97 Å². The van der Waals surface area contributed by atoms with Crippen molar-refractivity contribution in [3.8, 4) is 0 Å². The number of carbonyl (C=O) groups excluding carboxylic acids is 2. The molecule has 1 N–H and O–H groups in total. The van der Waals surface area contributed by atoms with Crippen LogP contribution in [0.4, 0.5) is 5.69 Å². The maximum atomic E-state index is 13.1. The molecule has 1 aliphatic carbocycles. The lowest BCUT2D eigenvalue weighted by atomic mass is 9.77. The molecule has 5 nitrogen and oxygen atoms in total. The molecule has 0 saturated carbocycles. The number of allylic oxidation sites excluding steroid dienone is 2. The summed E-state index contributed by atoms with van der Waals surface area (Å²) in [5.41, 5.74) is 2.96. The minimum atomic E-state index is -1.05. The Hall–Kier alpha value is -2.73. The first kappa shape index (κ1) is 18.6. The zero-order valence-electron chi connectivity index (χ0n) is 15.0. The van der Waals surface area contributed by atoms with Crippen molar-refractivity contribution in [2.45, 2.75) is 31.6 Å². The average molecular weight is 440 g/mol. The Bertz CT molecular complexity index is 1010. The van der Waals surface area contributed by atoms with Crippen LogP contribution in [0, 0.1) is 0 Å². The van der Waals surface area contributed by atoms with Crippen molar-refractivity contribution in [2.24, 2.45) is 0 Å². The largest absolute Gasteiger partial charge is 0.478 e. The monoisotopic (exact) mass is 439 g/mol. The fourth-order valence-corrected chi connectivity index (χ4v) is 4.31. The molecule has 0 aromatic heterocycles. The molecule has 1 heterocycles. The van der Waals surface area contributed by atoms with Gasteiger partial charge < -0.3 is 5.11 Å². The molecule has 0 saturated heterocycles. The van der Waals surface area contributed by atoms with Gasteiger partial charge in [-0.2, -0.15) is 0 Å². The van der Waals surface area contributed by atoms with E-state index in [9.17, 15) is 19.5 Å². The van der Waals surface area contributed by atoms with Crippen LogP contribution in [0.3, 0.4) is 0 Å². The summed E-state index contributed by atoms with van der Waals surface area (Å²) < 4.78 is 0.940. The molecule has 0 fully saturated rings. The van der Waals surface area contributed by atoms with Gasteiger partial charge in [0.1, 0.15) is 0 Å². The lowest BCUT2D eigenvalue weighted by molar-refractivity contribution is -0.119. The third-order valence-electron chi connectivity index (χ3n) is 5.30. The van der Waals surface area contributed by atoms with Gasteiger partial charge in [0.15, 0.2) is 5.78 Å². The lowest BCUT2D eigenvalue weighted by Gasteiger charge is -2.38. The van der Waals surface area contributed by atoms with Crippen molar-refractivity contribution in [3.63, 3.8) is 0 Å². The van der Waals surface area contributed by atoms with Crippen LogP contribution in [-0.4, -0.2) is 22.8 Å². The van der Waals surface area contributed by atoms with Gasteiger partial charge in [0.25, 0.3) is 0 Å². The van der Waals surface area contributed by atoms with Gasteiger partial charge in [-0.25, -0.2) is 4.79 Å². The van der Waals surface area contributed by atoms with E-state index in [0.29, 0.717) is 36.2 Å². The van der Waals surface area contributed by atoms with Gasteiger partial charge in [0.2, 0.25) is 5.91 Å². The molecular formula is C22H18BrNO4. The summed E-state index contributed by atoms with van der Waals surface area (Å²) in [5, 5.41) is 9.29. The molecule has 6 heteroatoms. The van der Waals surface area contributed by atoms with E-state index in [1.54, 1.807) is 17.0 Å². The molecule has 2 aromatic carbocycles. The third-order valence-corrected chi connectivity index (χ3v) is 5.83. The van der Waals surface area contributed by atoms with Crippen LogP contribution in [0.2, 0.25) is 0 Å². The van der Waals surface area contributed by atoms with Crippen LogP contribution in [0.5, 0.6) is 0 Å².